The average molecular weight is 292 g/mol. The van der Waals surface area contributed by atoms with Gasteiger partial charge in [-0.3, -0.25) is 0 Å². The number of aryl methyl sites for hydroxylation is 1. The molecule has 20 heavy (non-hydrogen) atoms. The van der Waals surface area contributed by atoms with E-state index >= 15 is 0 Å². The third-order valence-corrected chi connectivity index (χ3v) is 4.55. The Morgan fingerprint density at radius 2 is 1.90 bits per heavy atom. The molecular formula is C16H24N2OS. The summed E-state index contributed by atoms with van der Waals surface area (Å²) in [6, 6.07) is 6.25. The van der Waals surface area contributed by atoms with E-state index in [4.69, 9.17) is 0 Å². The monoisotopic (exact) mass is 292 g/mol. The van der Waals surface area contributed by atoms with Gasteiger partial charge in [0.2, 0.25) is 0 Å². The van der Waals surface area contributed by atoms with E-state index in [0.29, 0.717) is 0 Å². The largest absolute Gasteiger partial charge is 0.323 e. The molecule has 1 aliphatic rings. The van der Waals surface area contributed by atoms with Crippen molar-refractivity contribution in [2.75, 3.05) is 29.9 Å². The number of nitrogens with one attached hydrogen (secondary N) is 1. The molecule has 1 aromatic rings. The smallest absolute Gasteiger partial charge is 0.321 e. The van der Waals surface area contributed by atoms with Crippen molar-refractivity contribution in [2.24, 2.45) is 0 Å². The molecule has 0 bridgehead atoms. The molecule has 1 fully saturated rings. The van der Waals surface area contributed by atoms with Crippen LogP contribution in [0.4, 0.5) is 10.5 Å². The number of thioether (sulfide) groups is 1. The van der Waals surface area contributed by atoms with E-state index < -0.39 is 0 Å². The summed E-state index contributed by atoms with van der Waals surface area (Å²) < 4.78 is 0. The van der Waals surface area contributed by atoms with Crippen LogP contribution >= 0.6 is 11.8 Å². The van der Waals surface area contributed by atoms with Crippen LogP contribution in [0, 0.1) is 6.92 Å². The van der Waals surface area contributed by atoms with Crippen LogP contribution in [-0.2, 0) is 5.41 Å². The first-order valence-electron chi connectivity index (χ1n) is 7.13. The molecule has 0 unspecified atom stereocenters. The Hall–Kier alpha value is -1.16. The highest BCUT2D eigenvalue weighted by atomic mass is 32.2. The van der Waals surface area contributed by atoms with Crippen molar-refractivity contribution in [1.82, 2.24) is 4.90 Å². The number of benzene rings is 1. The number of para-hydroxylation sites is 1. The molecule has 0 saturated carbocycles. The van der Waals surface area contributed by atoms with E-state index in [9.17, 15) is 4.79 Å². The Bertz CT molecular complexity index is 488. The first kappa shape index (κ1) is 15.2. The number of carbonyl (C=O) groups is 1. The number of rotatable bonds is 1. The van der Waals surface area contributed by atoms with E-state index in [-0.39, 0.29) is 11.4 Å². The van der Waals surface area contributed by atoms with Crippen molar-refractivity contribution < 1.29 is 4.79 Å². The minimum atomic E-state index is 0.0202. The van der Waals surface area contributed by atoms with Crippen molar-refractivity contribution in [1.29, 1.82) is 0 Å². The maximum Gasteiger partial charge on any atom is 0.321 e. The molecular weight excluding hydrogens is 268 g/mol. The molecule has 1 heterocycles. The lowest BCUT2D eigenvalue weighted by atomic mass is 9.84. The Morgan fingerprint density at radius 1 is 1.25 bits per heavy atom. The van der Waals surface area contributed by atoms with Crippen LogP contribution in [0.25, 0.3) is 0 Å². The molecule has 1 aromatic carbocycles. The van der Waals surface area contributed by atoms with Gasteiger partial charge in [0.15, 0.2) is 0 Å². The molecule has 1 aliphatic heterocycles. The summed E-state index contributed by atoms with van der Waals surface area (Å²) in [7, 11) is 0. The van der Waals surface area contributed by atoms with Crippen molar-refractivity contribution in [3.8, 4) is 0 Å². The number of carbonyl (C=O) groups excluding carboxylic acids is 1. The summed E-state index contributed by atoms with van der Waals surface area (Å²) in [5, 5.41) is 3.13. The standard InChI is InChI=1S/C16H24N2OS/c1-12-6-5-7-13(16(2,3)4)14(12)17-15(19)18-8-10-20-11-9-18/h5-7H,8-11H2,1-4H3,(H,17,19). The summed E-state index contributed by atoms with van der Waals surface area (Å²) in [5.41, 5.74) is 3.31. The first-order chi connectivity index (χ1) is 9.39. The fraction of sp³-hybridized carbons (Fsp3) is 0.562. The second-order valence-electron chi connectivity index (χ2n) is 6.28. The molecule has 110 valence electrons. The number of nitrogens with zero attached hydrogens (tertiary/aromatic N) is 1. The molecule has 3 nitrogen and oxygen atoms in total. The van der Waals surface area contributed by atoms with Crippen LogP contribution in [0.1, 0.15) is 31.9 Å². The number of hydrogen-bond donors (Lipinski definition) is 1. The van der Waals surface area contributed by atoms with Gasteiger partial charge in [0.1, 0.15) is 0 Å². The Kier molecular flexibility index (Phi) is 4.63. The van der Waals surface area contributed by atoms with Gasteiger partial charge in [-0.1, -0.05) is 39.0 Å². The zero-order valence-corrected chi connectivity index (χ0v) is 13.6. The maximum atomic E-state index is 12.4. The van der Waals surface area contributed by atoms with Crippen LogP contribution in [0.2, 0.25) is 0 Å². The summed E-state index contributed by atoms with van der Waals surface area (Å²) >= 11 is 1.91. The molecule has 4 heteroatoms. The lowest BCUT2D eigenvalue weighted by molar-refractivity contribution is 0.217. The molecule has 0 aromatic heterocycles. The predicted molar refractivity (Wildman–Crippen MR) is 87.8 cm³/mol. The van der Waals surface area contributed by atoms with Gasteiger partial charge in [-0.25, -0.2) is 4.79 Å². The summed E-state index contributed by atoms with van der Waals surface area (Å²) in [6.45, 7) is 10.3. The fourth-order valence-corrected chi connectivity index (χ4v) is 3.31. The molecule has 1 N–H and O–H groups in total. The molecule has 0 spiro atoms. The average Bonchev–Trinajstić information content (AvgIpc) is 2.40. The van der Waals surface area contributed by atoms with Crippen molar-refractivity contribution in [3.63, 3.8) is 0 Å². The summed E-state index contributed by atoms with van der Waals surface area (Å²) in [5.74, 6) is 2.07. The highest BCUT2D eigenvalue weighted by Gasteiger charge is 2.22. The molecule has 1 saturated heterocycles. The zero-order valence-electron chi connectivity index (χ0n) is 12.8. The van der Waals surface area contributed by atoms with Crippen LogP contribution in [0.15, 0.2) is 18.2 Å². The predicted octanol–water partition coefficient (Wildman–Crippen LogP) is 3.87. The lowest BCUT2D eigenvalue weighted by Gasteiger charge is -2.29. The van der Waals surface area contributed by atoms with Crippen LogP contribution < -0.4 is 5.32 Å². The third kappa shape index (κ3) is 3.48. The number of anilines is 1. The summed E-state index contributed by atoms with van der Waals surface area (Å²) in [4.78, 5) is 14.3. The molecule has 0 atom stereocenters. The number of hydrogen-bond acceptors (Lipinski definition) is 2. The van der Waals surface area contributed by atoms with Crippen molar-refractivity contribution >= 4 is 23.5 Å². The van der Waals surface area contributed by atoms with E-state index in [1.54, 1.807) is 0 Å². The molecule has 2 amide bonds. The summed E-state index contributed by atoms with van der Waals surface area (Å²) in [6.07, 6.45) is 0. The topological polar surface area (TPSA) is 32.3 Å². The van der Waals surface area contributed by atoms with Crippen molar-refractivity contribution in [3.05, 3.63) is 29.3 Å². The molecule has 0 aliphatic carbocycles. The van der Waals surface area contributed by atoms with Gasteiger partial charge in [-0.05, 0) is 23.5 Å². The minimum absolute atomic E-state index is 0.0202. The van der Waals surface area contributed by atoms with E-state index in [1.165, 1.54) is 5.56 Å². The Morgan fingerprint density at radius 3 is 2.50 bits per heavy atom. The van der Waals surface area contributed by atoms with Gasteiger partial charge in [-0.2, -0.15) is 11.8 Å². The maximum absolute atomic E-state index is 12.4. The second kappa shape index (κ2) is 6.08. The first-order valence-corrected chi connectivity index (χ1v) is 8.29. The number of urea groups is 1. The van der Waals surface area contributed by atoms with Crippen LogP contribution in [0.5, 0.6) is 0 Å². The van der Waals surface area contributed by atoms with Gasteiger partial charge >= 0.3 is 6.03 Å². The zero-order chi connectivity index (χ0) is 14.8. The van der Waals surface area contributed by atoms with Crippen LogP contribution in [0.3, 0.4) is 0 Å². The highest BCUT2D eigenvalue weighted by molar-refractivity contribution is 7.99. The SMILES string of the molecule is Cc1cccc(C(C)(C)C)c1NC(=O)N1CCSCC1. The minimum Gasteiger partial charge on any atom is -0.323 e. The fourth-order valence-electron chi connectivity index (χ4n) is 2.41. The van der Waals surface area contributed by atoms with Gasteiger partial charge in [0.05, 0.1) is 0 Å². The van der Waals surface area contributed by atoms with Gasteiger partial charge in [0, 0.05) is 30.3 Å². The van der Waals surface area contributed by atoms with E-state index in [2.05, 4.69) is 51.2 Å². The third-order valence-electron chi connectivity index (χ3n) is 3.61. The lowest BCUT2D eigenvalue weighted by Crippen LogP contribution is -2.41. The van der Waals surface area contributed by atoms with Crippen molar-refractivity contribution in [2.45, 2.75) is 33.1 Å². The molecule has 0 radical (unpaired) electrons. The van der Waals surface area contributed by atoms with Crippen LogP contribution in [-0.4, -0.2) is 35.5 Å². The Labute approximate surface area is 126 Å². The molecule has 2 rings (SSSR count). The quantitative estimate of drug-likeness (QED) is 0.852. The van der Waals surface area contributed by atoms with Gasteiger partial charge in [-0.15, -0.1) is 0 Å². The van der Waals surface area contributed by atoms with Gasteiger partial charge in [0.25, 0.3) is 0 Å². The Balaban J connectivity index is 2.22. The van der Waals surface area contributed by atoms with Gasteiger partial charge < -0.3 is 10.2 Å². The second-order valence-corrected chi connectivity index (χ2v) is 7.50. The highest BCUT2D eigenvalue weighted by Crippen LogP contribution is 2.32. The van der Waals surface area contributed by atoms with E-state index in [1.807, 2.05) is 16.7 Å². The van der Waals surface area contributed by atoms with E-state index in [0.717, 1.165) is 35.8 Å². The number of amides is 2. The normalized spacial score (nSPS) is 16.1.